The Balaban J connectivity index is 1.62. The van der Waals surface area contributed by atoms with Crippen LogP contribution < -0.4 is 4.74 Å². The number of nitrogens with zero attached hydrogens (tertiary/aromatic N) is 1. The van der Waals surface area contributed by atoms with Crippen molar-refractivity contribution in [2.24, 2.45) is 0 Å². The smallest absolute Gasteiger partial charge is 0.119 e. The van der Waals surface area contributed by atoms with Crippen molar-refractivity contribution < 1.29 is 9.84 Å². The van der Waals surface area contributed by atoms with Gasteiger partial charge in [-0.05, 0) is 60.2 Å². The molecule has 1 aromatic heterocycles. The average Bonchev–Trinajstić information content (AvgIpc) is 2.49. The van der Waals surface area contributed by atoms with Crippen LogP contribution in [0, 0.1) is 0 Å². The van der Waals surface area contributed by atoms with E-state index in [1.165, 1.54) is 11.1 Å². The van der Waals surface area contributed by atoms with Crippen molar-refractivity contribution in [2.75, 3.05) is 6.61 Å². The highest BCUT2D eigenvalue weighted by atomic mass is 16.5. The number of aliphatic hydroxyl groups excluding tert-OH is 1. The molecule has 1 aliphatic carbocycles. The largest absolute Gasteiger partial charge is 0.493 e. The second-order valence-electron chi connectivity index (χ2n) is 5.22. The summed E-state index contributed by atoms with van der Waals surface area (Å²) in [6, 6.07) is 10.1. The van der Waals surface area contributed by atoms with Crippen molar-refractivity contribution in [1.82, 2.24) is 4.98 Å². The first-order valence-electron chi connectivity index (χ1n) is 7.15. The van der Waals surface area contributed by atoms with Crippen molar-refractivity contribution in [3.8, 4) is 5.75 Å². The zero-order valence-electron chi connectivity index (χ0n) is 11.5. The van der Waals surface area contributed by atoms with Crippen LogP contribution in [0.1, 0.15) is 35.6 Å². The van der Waals surface area contributed by atoms with Gasteiger partial charge in [0.25, 0.3) is 0 Å². The Morgan fingerprint density at radius 2 is 2.05 bits per heavy atom. The maximum atomic E-state index is 10.0. The molecule has 1 aliphatic rings. The molecule has 1 aromatic carbocycles. The minimum Gasteiger partial charge on any atom is -0.493 e. The van der Waals surface area contributed by atoms with Crippen molar-refractivity contribution in [3.63, 3.8) is 0 Å². The van der Waals surface area contributed by atoms with Crippen molar-refractivity contribution in [3.05, 3.63) is 59.4 Å². The van der Waals surface area contributed by atoms with Gasteiger partial charge in [-0.1, -0.05) is 6.07 Å². The van der Waals surface area contributed by atoms with Crippen LogP contribution in [0.5, 0.6) is 5.75 Å². The third kappa shape index (κ3) is 2.99. The molecule has 0 radical (unpaired) electrons. The van der Waals surface area contributed by atoms with Crippen molar-refractivity contribution >= 4 is 0 Å². The molecule has 3 nitrogen and oxygen atoms in total. The fourth-order valence-corrected chi connectivity index (χ4v) is 2.68. The quantitative estimate of drug-likeness (QED) is 0.927. The van der Waals surface area contributed by atoms with Gasteiger partial charge < -0.3 is 9.84 Å². The Kier molecular flexibility index (Phi) is 3.97. The fraction of sp³-hybridized carbons (Fsp3) is 0.353. The van der Waals surface area contributed by atoms with E-state index in [-0.39, 0.29) is 6.10 Å². The SMILES string of the molecule is O[C@H]1CCCc2ccc(OCCc3ccncc3)cc21. The van der Waals surface area contributed by atoms with Gasteiger partial charge in [0.15, 0.2) is 0 Å². The van der Waals surface area contributed by atoms with Gasteiger partial charge in [0.2, 0.25) is 0 Å². The molecular formula is C17H19NO2. The van der Waals surface area contributed by atoms with E-state index in [0.29, 0.717) is 6.61 Å². The molecule has 0 saturated heterocycles. The fourth-order valence-electron chi connectivity index (χ4n) is 2.68. The molecule has 104 valence electrons. The van der Waals surface area contributed by atoms with Gasteiger partial charge in [0.05, 0.1) is 12.7 Å². The number of pyridine rings is 1. The van der Waals surface area contributed by atoms with E-state index in [0.717, 1.165) is 37.0 Å². The van der Waals surface area contributed by atoms with Crippen LogP contribution in [0.3, 0.4) is 0 Å². The zero-order valence-corrected chi connectivity index (χ0v) is 11.5. The van der Waals surface area contributed by atoms with E-state index in [9.17, 15) is 5.11 Å². The number of aryl methyl sites for hydroxylation is 1. The molecule has 2 aromatic rings. The summed E-state index contributed by atoms with van der Waals surface area (Å²) in [6.07, 6.45) is 7.10. The summed E-state index contributed by atoms with van der Waals surface area (Å²) in [5.74, 6) is 0.846. The molecule has 1 atom stereocenters. The van der Waals surface area contributed by atoms with Crippen LogP contribution in [0.25, 0.3) is 0 Å². The van der Waals surface area contributed by atoms with Gasteiger partial charge in [-0.3, -0.25) is 4.98 Å². The van der Waals surface area contributed by atoms with E-state index in [1.54, 1.807) is 12.4 Å². The summed E-state index contributed by atoms with van der Waals surface area (Å²) < 4.78 is 5.79. The highest BCUT2D eigenvalue weighted by Crippen LogP contribution is 2.32. The average molecular weight is 269 g/mol. The van der Waals surface area contributed by atoms with Gasteiger partial charge in [-0.15, -0.1) is 0 Å². The van der Waals surface area contributed by atoms with Gasteiger partial charge >= 0.3 is 0 Å². The summed E-state index contributed by atoms with van der Waals surface area (Å²) >= 11 is 0. The van der Waals surface area contributed by atoms with E-state index >= 15 is 0 Å². The highest BCUT2D eigenvalue weighted by molar-refractivity contribution is 5.38. The molecule has 1 heterocycles. The number of hydrogen-bond donors (Lipinski definition) is 1. The second kappa shape index (κ2) is 6.06. The molecular weight excluding hydrogens is 250 g/mol. The lowest BCUT2D eigenvalue weighted by atomic mass is 9.89. The van der Waals surface area contributed by atoms with Crippen LogP contribution in [0.4, 0.5) is 0 Å². The summed E-state index contributed by atoms with van der Waals surface area (Å²) in [5.41, 5.74) is 3.51. The van der Waals surface area contributed by atoms with E-state index in [1.807, 2.05) is 24.3 Å². The minimum atomic E-state index is -0.331. The molecule has 0 spiro atoms. The number of rotatable bonds is 4. The van der Waals surface area contributed by atoms with Crippen molar-refractivity contribution in [1.29, 1.82) is 0 Å². The maximum absolute atomic E-state index is 10.0. The Bertz CT molecular complexity index is 568. The number of hydrogen-bond acceptors (Lipinski definition) is 3. The molecule has 0 fully saturated rings. The predicted molar refractivity (Wildman–Crippen MR) is 77.8 cm³/mol. The molecule has 0 bridgehead atoms. The molecule has 3 heteroatoms. The monoisotopic (exact) mass is 269 g/mol. The Morgan fingerprint density at radius 1 is 1.20 bits per heavy atom. The highest BCUT2D eigenvalue weighted by Gasteiger charge is 2.18. The Morgan fingerprint density at radius 3 is 2.90 bits per heavy atom. The van der Waals surface area contributed by atoms with Gasteiger partial charge in [0, 0.05) is 18.8 Å². The third-order valence-electron chi connectivity index (χ3n) is 3.81. The molecule has 20 heavy (non-hydrogen) atoms. The number of aliphatic hydroxyl groups is 1. The van der Waals surface area contributed by atoms with E-state index in [2.05, 4.69) is 11.1 Å². The molecule has 1 N–H and O–H groups in total. The summed E-state index contributed by atoms with van der Waals surface area (Å²) in [6.45, 7) is 0.638. The minimum absolute atomic E-state index is 0.331. The molecule has 0 amide bonds. The van der Waals surface area contributed by atoms with Crippen LogP contribution in [0.15, 0.2) is 42.7 Å². The van der Waals surface area contributed by atoms with Gasteiger partial charge in [-0.25, -0.2) is 0 Å². The number of ether oxygens (including phenoxy) is 1. The first-order valence-corrected chi connectivity index (χ1v) is 7.15. The Hall–Kier alpha value is -1.87. The molecule has 0 aliphatic heterocycles. The molecule has 3 rings (SSSR count). The summed E-state index contributed by atoms with van der Waals surface area (Å²) in [4.78, 5) is 4.00. The van der Waals surface area contributed by atoms with Gasteiger partial charge in [0.1, 0.15) is 5.75 Å². The molecule has 0 unspecified atom stereocenters. The van der Waals surface area contributed by atoms with Gasteiger partial charge in [-0.2, -0.15) is 0 Å². The lowest BCUT2D eigenvalue weighted by molar-refractivity contribution is 0.156. The number of aromatic nitrogens is 1. The second-order valence-corrected chi connectivity index (χ2v) is 5.22. The van der Waals surface area contributed by atoms with Crippen LogP contribution in [-0.4, -0.2) is 16.7 Å². The van der Waals surface area contributed by atoms with Crippen LogP contribution >= 0.6 is 0 Å². The lowest BCUT2D eigenvalue weighted by Crippen LogP contribution is -2.10. The first-order chi connectivity index (χ1) is 9.83. The predicted octanol–water partition coefficient (Wildman–Crippen LogP) is 3.07. The first kappa shape index (κ1) is 13.1. The van der Waals surface area contributed by atoms with Crippen molar-refractivity contribution in [2.45, 2.75) is 31.8 Å². The number of benzene rings is 1. The summed E-state index contributed by atoms with van der Waals surface area (Å²) in [5, 5.41) is 10.0. The Labute approximate surface area is 119 Å². The van der Waals surface area contributed by atoms with Crippen LogP contribution in [0.2, 0.25) is 0 Å². The van der Waals surface area contributed by atoms with Crippen LogP contribution in [-0.2, 0) is 12.8 Å². The zero-order chi connectivity index (χ0) is 13.8. The maximum Gasteiger partial charge on any atom is 0.119 e. The normalized spacial score (nSPS) is 17.6. The summed E-state index contributed by atoms with van der Waals surface area (Å²) in [7, 11) is 0. The standard InChI is InChI=1S/C17H19NO2/c19-17-3-1-2-14-4-5-15(12-16(14)17)20-11-8-13-6-9-18-10-7-13/h4-7,9-10,12,17,19H,1-3,8,11H2/t17-/m0/s1. The third-order valence-corrected chi connectivity index (χ3v) is 3.81. The molecule has 0 saturated carbocycles. The van der Waals surface area contributed by atoms with E-state index < -0.39 is 0 Å². The number of fused-ring (bicyclic) bond motifs is 1. The topological polar surface area (TPSA) is 42.4 Å². The van der Waals surface area contributed by atoms with E-state index in [4.69, 9.17) is 4.74 Å². The lowest BCUT2D eigenvalue weighted by Gasteiger charge is -2.22.